The SMILES string of the molecule is COc1ccccc1N1CC[NH+](Cc2ccc(C(=O)Nc3ccccc3)cc2)CC1. The van der Waals surface area contributed by atoms with E-state index in [1.807, 2.05) is 54.6 Å². The van der Waals surface area contributed by atoms with E-state index in [0.29, 0.717) is 5.56 Å². The van der Waals surface area contributed by atoms with Gasteiger partial charge in [-0.25, -0.2) is 0 Å². The van der Waals surface area contributed by atoms with Crippen LogP contribution < -0.4 is 19.9 Å². The van der Waals surface area contributed by atoms with Crippen LogP contribution in [0.2, 0.25) is 0 Å². The molecule has 3 aromatic rings. The number of anilines is 2. The van der Waals surface area contributed by atoms with E-state index in [2.05, 4.69) is 34.5 Å². The van der Waals surface area contributed by atoms with Crippen molar-refractivity contribution in [1.82, 2.24) is 0 Å². The molecule has 0 spiro atoms. The summed E-state index contributed by atoms with van der Waals surface area (Å²) in [5.41, 5.74) is 3.92. The second kappa shape index (κ2) is 9.46. The molecule has 0 unspecified atom stereocenters. The lowest BCUT2D eigenvalue weighted by Gasteiger charge is -2.34. The van der Waals surface area contributed by atoms with Gasteiger partial charge in [0.1, 0.15) is 12.3 Å². The first kappa shape index (κ1) is 20.0. The van der Waals surface area contributed by atoms with Crippen LogP contribution in [-0.4, -0.2) is 39.2 Å². The number of methoxy groups -OCH3 is 1. The highest BCUT2D eigenvalue weighted by molar-refractivity contribution is 6.04. The molecule has 0 atom stereocenters. The average Bonchev–Trinajstić information content (AvgIpc) is 2.81. The third-order valence-electron chi connectivity index (χ3n) is 5.60. The van der Waals surface area contributed by atoms with Gasteiger partial charge in [-0.15, -0.1) is 0 Å². The summed E-state index contributed by atoms with van der Waals surface area (Å²) >= 11 is 0. The number of carbonyl (C=O) groups is 1. The highest BCUT2D eigenvalue weighted by Gasteiger charge is 2.22. The molecule has 1 saturated heterocycles. The lowest BCUT2D eigenvalue weighted by Crippen LogP contribution is -3.13. The number of rotatable bonds is 6. The number of hydrogen-bond acceptors (Lipinski definition) is 3. The smallest absolute Gasteiger partial charge is 0.255 e. The summed E-state index contributed by atoms with van der Waals surface area (Å²) in [4.78, 5) is 16.4. The molecule has 1 aliphatic heterocycles. The van der Waals surface area contributed by atoms with Crippen LogP contribution in [0.5, 0.6) is 5.75 Å². The number of nitrogens with one attached hydrogen (secondary N) is 2. The fourth-order valence-corrected chi connectivity index (χ4v) is 3.92. The quantitative estimate of drug-likeness (QED) is 0.667. The van der Waals surface area contributed by atoms with Gasteiger partial charge in [-0.05, 0) is 36.4 Å². The number of hydrogen-bond donors (Lipinski definition) is 2. The predicted octanol–water partition coefficient (Wildman–Crippen LogP) is 2.85. The minimum absolute atomic E-state index is 0.0782. The van der Waals surface area contributed by atoms with E-state index in [0.717, 1.165) is 44.2 Å². The molecule has 0 radical (unpaired) electrons. The number of benzene rings is 3. The van der Waals surface area contributed by atoms with Crippen LogP contribution in [0, 0.1) is 0 Å². The molecule has 154 valence electrons. The van der Waals surface area contributed by atoms with Crippen molar-refractivity contribution in [1.29, 1.82) is 0 Å². The number of nitrogens with zero attached hydrogens (tertiary/aromatic N) is 1. The second-order valence-corrected chi connectivity index (χ2v) is 7.60. The summed E-state index contributed by atoms with van der Waals surface area (Å²) in [6, 6.07) is 25.7. The third-order valence-corrected chi connectivity index (χ3v) is 5.60. The molecule has 1 amide bonds. The van der Waals surface area contributed by atoms with Gasteiger partial charge in [0.05, 0.1) is 39.0 Å². The monoisotopic (exact) mass is 402 g/mol. The van der Waals surface area contributed by atoms with Crippen molar-refractivity contribution in [3.63, 3.8) is 0 Å². The largest absolute Gasteiger partial charge is 0.495 e. The van der Waals surface area contributed by atoms with E-state index < -0.39 is 0 Å². The number of para-hydroxylation sites is 3. The molecule has 2 N–H and O–H groups in total. The summed E-state index contributed by atoms with van der Waals surface area (Å²) in [5, 5.41) is 2.93. The Morgan fingerprint density at radius 3 is 2.30 bits per heavy atom. The minimum Gasteiger partial charge on any atom is -0.495 e. The fourth-order valence-electron chi connectivity index (χ4n) is 3.92. The first-order valence-corrected chi connectivity index (χ1v) is 10.4. The Balaban J connectivity index is 1.31. The highest BCUT2D eigenvalue weighted by atomic mass is 16.5. The summed E-state index contributed by atoms with van der Waals surface area (Å²) in [5.74, 6) is 0.857. The molecule has 0 bridgehead atoms. The lowest BCUT2D eigenvalue weighted by atomic mass is 10.1. The predicted molar refractivity (Wildman–Crippen MR) is 120 cm³/mol. The van der Waals surface area contributed by atoms with Crippen molar-refractivity contribution < 1.29 is 14.4 Å². The van der Waals surface area contributed by atoms with Gasteiger partial charge in [0.25, 0.3) is 5.91 Å². The van der Waals surface area contributed by atoms with Crippen molar-refractivity contribution in [2.75, 3.05) is 43.5 Å². The zero-order valence-electron chi connectivity index (χ0n) is 17.3. The van der Waals surface area contributed by atoms with Crippen LogP contribution >= 0.6 is 0 Å². The molecule has 1 heterocycles. The molecule has 0 aliphatic carbocycles. The molecule has 30 heavy (non-hydrogen) atoms. The molecular formula is C25H28N3O2+. The molecule has 5 heteroatoms. The van der Waals surface area contributed by atoms with Crippen LogP contribution in [0.15, 0.2) is 78.9 Å². The summed E-state index contributed by atoms with van der Waals surface area (Å²) in [6.45, 7) is 5.14. The molecule has 1 fully saturated rings. The van der Waals surface area contributed by atoms with Gasteiger partial charge in [-0.1, -0.05) is 42.5 Å². The van der Waals surface area contributed by atoms with Gasteiger partial charge in [0, 0.05) is 16.8 Å². The molecule has 5 nitrogen and oxygen atoms in total. The number of amides is 1. The Morgan fingerprint density at radius 1 is 0.933 bits per heavy atom. The molecule has 0 saturated carbocycles. The number of quaternary nitrogens is 1. The van der Waals surface area contributed by atoms with Crippen LogP contribution in [0.3, 0.4) is 0 Å². The van der Waals surface area contributed by atoms with E-state index in [4.69, 9.17) is 4.74 Å². The maximum atomic E-state index is 12.4. The van der Waals surface area contributed by atoms with E-state index >= 15 is 0 Å². The van der Waals surface area contributed by atoms with E-state index in [1.54, 1.807) is 12.0 Å². The molecule has 3 aromatic carbocycles. The zero-order chi connectivity index (χ0) is 20.8. The van der Waals surface area contributed by atoms with Gasteiger partial charge in [-0.2, -0.15) is 0 Å². The molecule has 4 rings (SSSR count). The van der Waals surface area contributed by atoms with Crippen LogP contribution in [0.4, 0.5) is 11.4 Å². The average molecular weight is 403 g/mol. The van der Waals surface area contributed by atoms with Gasteiger partial charge < -0.3 is 19.9 Å². The zero-order valence-corrected chi connectivity index (χ0v) is 17.3. The van der Waals surface area contributed by atoms with Gasteiger partial charge in [0.15, 0.2) is 0 Å². The van der Waals surface area contributed by atoms with Crippen molar-refractivity contribution >= 4 is 17.3 Å². The second-order valence-electron chi connectivity index (χ2n) is 7.60. The number of carbonyl (C=O) groups excluding carboxylic acids is 1. The van der Waals surface area contributed by atoms with E-state index in [-0.39, 0.29) is 5.91 Å². The van der Waals surface area contributed by atoms with E-state index in [9.17, 15) is 4.79 Å². The summed E-state index contributed by atoms with van der Waals surface area (Å²) < 4.78 is 5.51. The van der Waals surface area contributed by atoms with E-state index in [1.165, 1.54) is 11.3 Å². The topological polar surface area (TPSA) is 46.0 Å². The van der Waals surface area contributed by atoms with Crippen molar-refractivity contribution in [2.24, 2.45) is 0 Å². The lowest BCUT2D eigenvalue weighted by molar-refractivity contribution is -0.914. The third kappa shape index (κ3) is 4.81. The Morgan fingerprint density at radius 2 is 1.60 bits per heavy atom. The van der Waals surface area contributed by atoms with Crippen molar-refractivity contribution in [3.05, 3.63) is 90.0 Å². The van der Waals surface area contributed by atoms with Crippen LogP contribution in [0.25, 0.3) is 0 Å². The maximum Gasteiger partial charge on any atom is 0.255 e. The van der Waals surface area contributed by atoms with Crippen LogP contribution in [0.1, 0.15) is 15.9 Å². The minimum atomic E-state index is -0.0782. The highest BCUT2D eigenvalue weighted by Crippen LogP contribution is 2.27. The fraction of sp³-hybridized carbons (Fsp3) is 0.240. The van der Waals surface area contributed by atoms with Gasteiger partial charge >= 0.3 is 0 Å². The maximum absolute atomic E-state index is 12.4. The molecule has 1 aliphatic rings. The Hall–Kier alpha value is -3.31. The van der Waals surface area contributed by atoms with Crippen LogP contribution in [-0.2, 0) is 6.54 Å². The van der Waals surface area contributed by atoms with Gasteiger partial charge in [0.2, 0.25) is 0 Å². The molecule has 0 aromatic heterocycles. The van der Waals surface area contributed by atoms with Crippen molar-refractivity contribution in [3.8, 4) is 5.75 Å². The van der Waals surface area contributed by atoms with Crippen molar-refractivity contribution in [2.45, 2.75) is 6.54 Å². The standard InChI is InChI=1S/C25H27N3O2/c1-30-24-10-6-5-9-23(24)28-17-15-27(16-18-28)19-20-11-13-21(14-12-20)25(29)26-22-7-3-2-4-8-22/h2-14H,15-19H2,1H3,(H,26,29)/p+1. The Bertz CT molecular complexity index is 965. The summed E-state index contributed by atoms with van der Waals surface area (Å²) in [6.07, 6.45) is 0. The molecular weight excluding hydrogens is 374 g/mol. The Labute approximate surface area is 177 Å². The number of ether oxygens (including phenoxy) is 1. The first-order chi connectivity index (χ1) is 14.7. The first-order valence-electron chi connectivity index (χ1n) is 10.4. The Kier molecular flexibility index (Phi) is 6.30. The normalized spacial score (nSPS) is 14.4. The van der Waals surface area contributed by atoms with Gasteiger partial charge in [-0.3, -0.25) is 4.79 Å². The summed E-state index contributed by atoms with van der Waals surface area (Å²) in [7, 11) is 1.73. The number of piperazine rings is 1.